The molecule has 0 aliphatic carbocycles. The van der Waals surface area contributed by atoms with Crippen molar-refractivity contribution in [3.05, 3.63) is 34.1 Å². The molecule has 6 heteroatoms. The second-order valence-corrected chi connectivity index (χ2v) is 4.83. The first-order chi connectivity index (χ1) is 8.52. The molecule has 0 radical (unpaired) electrons. The molecule has 18 heavy (non-hydrogen) atoms. The highest BCUT2D eigenvalue weighted by atomic mass is 79.9. The van der Waals surface area contributed by atoms with Gasteiger partial charge < -0.3 is 15.7 Å². The number of hydrogen-bond acceptors (Lipinski definition) is 2. The number of aliphatic hydroxyl groups excluding tert-OH is 1. The van der Waals surface area contributed by atoms with E-state index in [2.05, 4.69) is 26.6 Å². The third-order valence-electron chi connectivity index (χ3n) is 2.39. The lowest BCUT2D eigenvalue weighted by Crippen LogP contribution is -2.40. The zero-order valence-electron chi connectivity index (χ0n) is 10.0. The van der Waals surface area contributed by atoms with Gasteiger partial charge in [-0.3, -0.25) is 0 Å². The molecule has 3 N–H and O–H groups in total. The minimum absolute atomic E-state index is 0.0247. The van der Waals surface area contributed by atoms with Gasteiger partial charge in [-0.2, -0.15) is 0 Å². The summed E-state index contributed by atoms with van der Waals surface area (Å²) >= 11 is 3.28. The summed E-state index contributed by atoms with van der Waals surface area (Å²) in [5.41, 5.74) is 0.667. The smallest absolute Gasteiger partial charge is 0.315 e. The molecule has 1 atom stereocenters. The van der Waals surface area contributed by atoms with Gasteiger partial charge in [0.05, 0.1) is 0 Å². The molecule has 0 aliphatic rings. The second-order valence-electron chi connectivity index (χ2n) is 3.98. The number of benzene rings is 1. The average molecular weight is 319 g/mol. The molecule has 0 unspecified atom stereocenters. The molecule has 1 aromatic rings. The van der Waals surface area contributed by atoms with Crippen LogP contribution in [-0.4, -0.2) is 23.8 Å². The van der Waals surface area contributed by atoms with Gasteiger partial charge in [0, 0.05) is 23.7 Å². The highest BCUT2D eigenvalue weighted by Gasteiger charge is 2.07. The van der Waals surface area contributed by atoms with E-state index in [9.17, 15) is 9.18 Å². The minimum atomic E-state index is -0.343. The standard InChI is InChI=1S/C12H16BrFN2O2/c1-8(4-5-17)16-12(18)15-7-9-6-10(14)2-3-11(9)13/h2-3,6,8,17H,4-5,7H2,1H3,(H2,15,16,18)/t8-/m1/s1. The van der Waals surface area contributed by atoms with Crippen LogP contribution in [0.2, 0.25) is 0 Å². The van der Waals surface area contributed by atoms with Gasteiger partial charge in [-0.05, 0) is 37.1 Å². The Balaban J connectivity index is 2.45. The summed E-state index contributed by atoms with van der Waals surface area (Å²) in [5, 5.41) is 14.0. The topological polar surface area (TPSA) is 61.4 Å². The van der Waals surface area contributed by atoms with E-state index in [-0.39, 0.29) is 31.0 Å². The maximum Gasteiger partial charge on any atom is 0.315 e. The Kier molecular flexibility index (Phi) is 6.07. The van der Waals surface area contributed by atoms with Gasteiger partial charge in [0.1, 0.15) is 5.82 Å². The number of carbonyl (C=O) groups excluding carboxylic acids is 1. The second kappa shape index (κ2) is 7.33. The van der Waals surface area contributed by atoms with Crippen molar-refractivity contribution < 1.29 is 14.3 Å². The first kappa shape index (κ1) is 14.9. The van der Waals surface area contributed by atoms with Crippen molar-refractivity contribution in [1.82, 2.24) is 10.6 Å². The van der Waals surface area contributed by atoms with Crippen LogP contribution in [0.4, 0.5) is 9.18 Å². The number of aliphatic hydroxyl groups is 1. The molecule has 1 rings (SSSR count). The number of hydrogen-bond donors (Lipinski definition) is 3. The number of nitrogens with one attached hydrogen (secondary N) is 2. The summed E-state index contributed by atoms with van der Waals surface area (Å²) in [6.45, 7) is 2.06. The molecule has 0 spiro atoms. The zero-order chi connectivity index (χ0) is 13.5. The Hall–Kier alpha value is -1.14. The fourth-order valence-corrected chi connectivity index (χ4v) is 1.78. The van der Waals surface area contributed by atoms with Crippen LogP contribution in [0.3, 0.4) is 0 Å². The Morgan fingerprint density at radius 3 is 2.94 bits per heavy atom. The number of rotatable bonds is 5. The lowest BCUT2D eigenvalue weighted by Gasteiger charge is -2.13. The Labute approximate surface area is 114 Å². The molecule has 100 valence electrons. The molecule has 1 aromatic carbocycles. The van der Waals surface area contributed by atoms with E-state index in [1.54, 1.807) is 13.0 Å². The van der Waals surface area contributed by atoms with Gasteiger partial charge >= 0.3 is 6.03 Å². The zero-order valence-corrected chi connectivity index (χ0v) is 11.6. The van der Waals surface area contributed by atoms with E-state index < -0.39 is 0 Å². The van der Waals surface area contributed by atoms with Crippen LogP contribution in [0, 0.1) is 5.82 Å². The van der Waals surface area contributed by atoms with Crippen molar-refractivity contribution in [3.8, 4) is 0 Å². The molecule has 0 aliphatic heterocycles. The predicted molar refractivity (Wildman–Crippen MR) is 70.6 cm³/mol. The van der Waals surface area contributed by atoms with Crippen LogP contribution in [0.1, 0.15) is 18.9 Å². The molecule has 0 fully saturated rings. The van der Waals surface area contributed by atoms with Crippen molar-refractivity contribution in [2.45, 2.75) is 25.9 Å². The summed E-state index contributed by atoms with van der Waals surface area (Å²) in [4.78, 5) is 11.5. The van der Waals surface area contributed by atoms with Gasteiger partial charge in [-0.15, -0.1) is 0 Å². The third kappa shape index (κ3) is 5.01. The largest absolute Gasteiger partial charge is 0.396 e. The first-order valence-corrected chi connectivity index (χ1v) is 6.41. The van der Waals surface area contributed by atoms with Crippen LogP contribution in [0.25, 0.3) is 0 Å². The van der Waals surface area contributed by atoms with Crippen LogP contribution >= 0.6 is 15.9 Å². The number of halogens is 2. The third-order valence-corrected chi connectivity index (χ3v) is 3.16. The number of urea groups is 1. The van der Waals surface area contributed by atoms with E-state index >= 15 is 0 Å². The number of amides is 2. The molecule has 0 aromatic heterocycles. The summed E-state index contributed by atoms with van der Waals surface area (Å²) in [6, 6.07) is 3.86. The molecular weight excluding hydrogens is 303 g/mol. The van der Waals surface area contributed by atoms with Gasteiger partial charge in [-0.1, -0.05) is 15.9 Å². The van der Waals surface area contributed by atoms with Crippen molar-refractivity contribution in [2.75, 3.05) is 6.61 Å². The van der Waals surface area contributed by atoms with Crippen molar-refractivity contribution in [3.63, 3.8) is 0 Å². The molecule has 0 heterocycles. The fraction of sp³-hybridized carbons (Fsp3) is 0.417. The number of carbonyl (C=O) groups is 1. The summed E-state index contributed by atoms with van der Waals surface area (Å²) < 4.78 is 13.7. The van der Waals surface area contributed by atoms with Crippen LogP contribution in [-0.2, 0) is 6.54 Å². The molecule has 0 saturated heterocycles. The maximum atomic E-state index is 13.0. The maximum absolute atomic E-state index is 13.0. The lowest BCUT2D eigenvalue weighted by atomic mass is 10.2. The van der Waals surface area contributed by atoms with Gasteiger partial charge in [0.2, 0.25) is 0 Å². The SMILES string of the molecule is C[C@H](CCO)NC(=O)NCc1cc(F)ccc1Br. The summed E-state index contributed by atoms with van der Waals surface area (Å²) in [7, 11) is 0. The normalized spacial score (nSPS) is 12.0. The van der Waals surface area contributed by atoms with Gasteiger partial charge in [-0.25, -0.2) is 9.18 Å². The van der Waals surface area contributed by atoms with E-state index in [1.807, 2.05) is 0 Å². The first-order valence-electron chi connectivity index (χ1n) is 5.62. The Morgan fingerprint density at radius 2 is 2.28 bits per heavy atom. The van der Waals surface area contributed by atoms with Crippen molar-refractivity contribution in [2.24, 2.45) is 0 Å². The van der Waals surface area contributed by atoms with Crippen LogP contribution < -0.4 is 10.6 Å². The van der Waals surface area contributed by atoms with E-state index in [4.69, 9.17) is 5.11 Å². The van der Waals surface area contributed by atoms with Gasteiger partial charge in [0.25, 0.3) is 0 Å². The highest BCUT2D eigenvalue weighted by Crippen LogP contribution is 2.17. The van der Waals surface area contributed by atoms with E-state index in [1.165, 1.54) is 12.1 Å². The van der Waals surface area contributed by atoms with Crippen molar-refractivity contribution >= 4 is 22.0 Å². The monoisotopic (exact) mass is 318 g/mol. The van der Waals surface area contributed by atoms with E-state index in [0.29, 0.717) is 12.0 Å². The molecule has 2 amide bonds. The Bertz CT molecular complexity index is 415. The molecular formula is C12H16BrFN2O2. The van der Waals surface area contributed by atoms with E-state index in [0.717, 1.165) is 4.47 Å². The van der Waals surface area contributed by atoms with Crippen LogP contribution in [0.15, 0.2) is 22.7 Å². The average Bonchev–Trinajstić information content (AvgIpc) is 2.30. The van der Waals surface area contributed by atoms with Crippen molar-refractivity contribution in [1.29, 1.82) is 0 Å². The van der Waals surface area contributed by atoms with Crippen LogP contribution in [0.5, 0.6) is 0 Å². The van der Waals surface area contributed by atoms with Gasteiger partial charge in [0.15, 0.2) is 0 Å². The Morgan fingerprint density at radius 1 is 1.56 bits per heavy atom. The fourth-order valence-electron chi connectivity index (χ4n) is 1.39. The summed E-state index contributed by atoms with van der Waals surface area (Å²) in [6.07, 6.45) is 0.497. The molecule has 0 saturated carbocycles. The lowest BCUT2D eigenvalue weighted by molar-refractivity contribution is 0.230. The highest BCUT2D eigenvalue weighted by molar-refractivity contribution is 9.10. The molecule has 4 nitrogen and oxygen atoms in total. The summed E-state index contributed by atoms with van der Waals surface area (Å²) in [5.74, 6) is -0.343. The molecule has 0 bridgehead atoms. The minimum Gasteiger partial charge on any atom is -0.396 e. The predicted octanol–water partition coefficient (Wildman–Crippen LogP) is 2.16. The quantitative estimate of drug-likeness (QED) is 0.779.